The molecule has 0 aliphatic carbocycles. The van der Waals surface area contributed by atoms with Crippen molar-refractivity contribution in [1.82, 2.24) is 14.6 Å². The number of aliphatic hydroxyl groups excluding tert-OH is 1. The van der Waals surface area contributed by atoms with Crippen molar-refractivity contribution in [3.8, 4) is 0 Å². The van der Waals surface area contributed by atoms with Gasteiger partial charge in [0.25, 0.3) is 0 Å². The van der Waals surface area contributed by atoms with E-state index < -0.39 is 0 Å². The van der Waals surface area contributed by atoms with Crippen LogP contribution in [0.4, 0.5) is 5.82 Å². The summed E-state index contributed by atoms with van der Waals surface area (Å²) in [5, 5.41) is 13.1. The molecule has 0 spiro atoms. The maximum atomic E-state index is 8.96. The molecule has 2 unspecified atom stereocenters. The van der Waals surface area contributed by atoms with E-state index in [0.29, 0.717) is 5.82 Å². The van der Waals surface area contributed by atoms with Gasteiger partial charge in [0.15, 0.2) is 5.82 Å². The highest BCUT2D eigenvalue weighted by molar-refractivity contribution is 5.65. The van der Waals surface area contributed by atoms with Gasteiger partial charge in [-0.1, -0.05) is 0 Å². The number of nitrogens with two attached hydrogens (primary N) is 1. The summed E-state index contributed by atoms with van der Waals surface area (Å²) in [5.41, 5.74) is 7.39. The molecule has 0 aliphatic heterocycles. The van der Waals surface area contributed by atoms with Crippen molar-refractivity contribution in [1.29, 1.82) is 0 Å². The maximum absolute atomic E-state index is 8.96. The van der Waals surface area contributed by atoms with Crippen LogP contribution < -0.4 is 5.73 Å². The van der Waals surface area contributed by atoms with E-state index in [4.69, 9.17) is 15.6 Å². The van der Waals surface area contributed by atoms with Crippen LogP contribution in [0.1, 0.15) is 25.6 Å². The Hall–Kier alpha value is -1.66. The summed E-state index contributed by atoms with van der Waals surface area (Å²) >= 11 is 0. The highest BCUT2D eigenvalue weighted by Gasteiger charge is 2.15. The molecule has 6 nitrogen and oxygen atoms in total. The lowest BCUT2D eigenvalue weighted by Gasteiger charge is -2.17. The normalized spacial score (nSPS) is 15.0. The monoisotopic (exact) mass is 236 g/mol. The standard InChI is InChI=1S/C11H16N4O2/c1-7(5-16)17-8(2)9-3-4-10-11(12)13-6-14-15(9)10/h3-4,6-8,16H,5H2,1-2H3,(H2,12,13,14). The van der Waals surface area contributed by atoms with E-state index in [1.165, 1.54) is 6.33 Å². The van der Waals surface area contributed by atoms with Crippen LogP contribution in [0.2, 0.25) is 0 Å². The Morgan fingerprint density at radius 3 is 2.94 bits per heavy atom. The van der Waals surface area contributed by atoms with E-state index in [2.05, 4.69) is 10.1 Å². The van der Waals surface area contributed by atoms with Crippen LogP contribution in [0, 0.1) is 0 Å². The lowest BCUT2D eigenvalue weighted by molar-refractivity contribution is -0.0244. The van der Waals surface area contributed by atoms with Crippen LogP contribution >= 0.6 is 0 Å². The lowest BCUT2D eigenvalue weighted by Crippen LogP contribution is -2.17. The Labute approximate surface area is 99.0 Å². The maximum Gasteiger partial charge on any atom is 0.151 e. The minimum Gasteiger partial charge on any atom is -0.394 e. The molecule has 2 rings (SSSR count). The zero-order valence-corrected chi connectivity index (χ0v) is 9.87. The Kier molecular flexibility index (Phi) is 3.26. The molecule has 0 bridgehead atoms. The number of hydrogen-bond donors (Lipinski definition) is 2. The molecule has 0 aliphatic rings. The Bertz CT molecular complexity index is 511. The number of aromatic nitrogens is 3. The third-order valence-corrected chi connectivity index (χ3v) is 2.62. The van der Waals surface area contributed by atoms with E-state index in [1.54, 1.807) is 4.52 Å². The first-order chi connectivity index (χ1) is 8.13. The Morgan fingerprint density at radius 2 is 2.24 bits per heavy atom. The van der Waals surface area contributed by atoms with Crippen LogP contribution in [0.5, 0.6) is 0 Å². The molecule has 0 saturated carbocycles. The van der Waals surface area contributed by atoms with Gasteiger partial charge in [0, 0.05) is 0 Å². The molecule has 17 heavy (non-hydrogen) atoms. The summed E-state index contributed by atoms with van der Waals surface area (Å²) in [7, 11) is 0. The van der Waals surface area contributed by atoms with E-state index in [9.17, 15) is 0 Å². The van der Waals surface area contributed by atoms with Crippen LogP contribution in [0.25, 0.3) is 5.52 Å². The number of anilines is 1. The van der Waals surface area contributed by atoms with Crippen molar-refractivity contribution >= 4 is 11.3 Å². The Morgan fingerprint density at radius 1 is 1.47 bits per heavy atom. The highest BCUT2D eigenvalue weighted by atomic mass is 16.5. The third-order valence-electron chi connectivity index (χ3n) is 2.62. The lowest BCUT2D eigenvalue weighted by atomic mass is 10.3. The van der Waals surface area contributed by atoms with Crippen LogP contribution in [-0.4, -0.2) is 32.4 Å². The summed E-state index contributed by atoms with van der Waals surface area (Å²) in [6, 6.07) is 3.75. The summed E-state index contributed by atoms with van der Waals surface area (Å²) in [4.78, 5) is 3.92. The van der Waals surface area contributed by atoms with Gasteiger partial charge in [0.1, 0.15) is 11.8 Å². The molecule has 2 atom stereocenters. The molecule has 2 aromatic rings. The molecule has 0 amide bonds. The molecule has 2 heterocycles. The van der Waals surface area contributed by atoms with Crippen LogP contribution in [-0.2, 0) is 4.74 Å². The van der Waals surface area contributed by atoms with Gasteiger partial charge >= 0.3 is 0 Å². The number of ether oxygens (including phenoxy) is 1. The minimum absolute atomic E-state index is 0.00916. The average molecular weight is 236 g/mol. The fraction of sp³-hybridized carbons (Fsp3) is 0.455. The topological polar surface area (TPSA) is 85.7 Å². The Balaban J connectivity index is 2.33. The first-order valence-corrected chi connectivity index (χ1v) is 5.48. The van der Waals surface area contributed by atoms with Gasteiger partial charge in [-0.05, 0) is 26.0 Å². The molecule has 6 heteroatoms. The predicted octanol–water partition coefficient (Wildman–Crippen LogP) is 0.770. The summed E-state index contributed by atoms with van der Waals surface area (Å²) in [5.74, 6) is 0.439. The van der Waals surface area contributed by atoms with Crippen LogP contribution in [0.15, 0.2) is 18.5 Å². The van der Waals surface area contributed by atoms with E-state index in [-0.39, 0.29) is 18.8 Å². The van der Waals surface area contributed by atoms with Crippen molar-refractivity contribution in [2.24, 2.45) is 0 Å². The molecular formula is C11H16N4O2. The van der Waals surface area contributed by atoms with Gasteiger partial charge in [0.05, 0.1) is 24.5 Å². The van der Waals surface area contributed by atoms with E-state index in [0.717, 1.165) is 11.2 Å². The molecular weight excluding hydrogens is 220 g/mol. The number of hydrogen-bond acceptors (Lipinski definition) is 5. The van der Waals surface area contributed by atoms with Gasteiger partial charge in [-0.2, -0.15) is 5.10 Å². The van der Waals surface area contributed by atoms with Gasteiger partial charge in [-0.15, -0.1) is 0 Å². The first kappa shape index (κ1) is 11.8. The number of aliphatic hydroxyl groups is 1. The molecule has 0 radical (unpaired) electrons. The van der Waals surface area contributed by atoms with Crippen molar-refractivity contribution < 1.29 is 9.84 Å². The zero-order chi connectivity index (χ0) is 12.4. The molecule has 0 fully saturated rings. The summed E-state index contributed by atoms with van der Waals surface area (Å²) < 4.78 is 7.33. The smallest absolute Gasteiger partial charge is 0.151 e. The van der Waals surface area contributed by atoms with Gasteiger partial charge in [0.2, 0.25) is 0 Å². The summed E-state index contributed by atoms with van der Waals surface area (Å²) in [6.45, 7) is 3.71. The highest BCUT2D eigenvalue weighted by Crippen LogP contribution is 2.22. The zero-order valence-electron chi connectivity index (χ0n) is 9.87. The SMILES string of the molecule is CC(CO)OC(C)c1ccc2c(N)ncnn12. The quantitative estimate of drug-likeness (QED) is 0.819. The first-order valence-electron chi connectivity index (χ1n) is 5.48. The largest absolute Gasteiger partial charge is 0.394 e. The van der Waals surface area contributed by atoms with Gasteiger partial charge < -0.3 is 15.6 Å². The van der Waals surface area contributed by atoms with Gasteiger partial charge in [-0.25, -0.2) is 9.50 Å². The second-order valence-electron chi connectivity index (χ2n) is 3.97. The van der Waals surface area contributed by atoms with Crippen LogP contribution in [0.3, 0.4) is 0 Å². The predicted molar refractivity (Wildman–Crippen MR) is 63.4 cm³/mol. The second-order valence-corrected chi connectivity index (χ2v) is 3.97. The third kappa shape index (κ3) is 2.22. The molecule has 3 N–H and O–H groups in total. The number of fused-ring (bicyclic) bond motifs is 1. The summed E-state index contributed by atoms with van der Waals surface area (Å²) in [6.07, 6.45) is 1.03. The molecule has 0 aromatic carbocycles. The number of rotatable bonds is 4. The fourth-order valence-electron chi connectivity index (χ4n) is 1.74. The van der Waals surface area contributed by atoms with Crippen molar-refractivity contribution in [2.75, 3.05) is 12.3 Å². The second kappa shape index (κ2) is 4.68. The van der Waals surface area contributed by atoms with Crippen molar-refractivity contribution in [2.45, 2.75) is 26.1 Å². The molecule has 92 valence electrons. The molecule has 0 saturated heterocycles. The van der Waals surface area contributed by atoms with E-state index in [1.807, 2.05) is 26.0 Å². The van der Waals surface area contributed by atoms with Crippen molar-refractivity contribution in [3.05, 3.63) is 24.2 Å². The van der Waals surface area contributed by atoms with E-state index >= 15 is 0 Å². The minimum atomic E-state index is -0.213. The van der Waals surface area contributed by atoms with Gasteiger partial charge in [-0.3, -0.25) is 0 Å². The number of nitrogens with zero attached hydrogens (tertiary/aromatic N) is 3. The molecule has 2 aromatic heterocycles. The van der Waals surface area contributed by atoms with Crippen molar-refractivity contribution in [3.63, 3.8) is 0 Å². The number of nitrogen functional groups attached to an aromatic ring is 1. The average Bonchev–Trinajstić information content (AvgIpc) is 2.74. The fourth-order valence-corrected chi connectivity index (χ4v) is 1.74.